The summed E-state index contributed by atoms with van der Waals surface area (Å²) >= 11 is 0. The van der Waals surface area contributed by atoms with Gasteiger partial charge < -0.3 is 11.1 Å². The summed E-state index contributed by atoms with van der Waals surface area (Å²) in [5.41, 5.74) is 5.03. The first-order chi connectivity index (χ1) is 8.22. The summed E-state index contributed by atoms with van der Waals surface area (Å²) < 4.78 is 0. The molecule has 5 nitrogen and oxygen atoms in total. The Bertz CT molecular complexity index is 313. The fraction of sp³-hybridized carbons (Fsp3) is 0.769. The van der Waals surface area contributed by atoms with Crippen molar-refractivity contribution in [3.63, 3.8) is 0 Å². The zero-order chi connectivity index (χ0) is 14.3. The lowest BCUT2D eigenvalue weighted by Gasteiger charge is -2.17. The molecule has 0 radical (unpaired) electrons. The van der Waals surface area contributed by atoms with E-state index in [1.165, 1.54) is 6.92 Å². The van der Waals surface area contributed by atoms with Gasteiger partial charge in [-0.3, -0.25) is 14.4 Å². The molecular weight excluding hydrogens is 232 g/mol. The van der Waals surface area contributed by atoms with Crippen molar-refractivity contribution in [1.82, 2.24) is 5.32 Å². The minimum Gasteiger partial charge on any atom is -0.370 e. The van der Waals surface area contributed by atoms with E-state index < -0.39 is 11.9 Å². The number of nitrogens with one attached hydrogen (secondary N) is 1. The van der Waals surface area contributed by atoms with Crippen molar-refractivity contribution in [3.8, 4) is 0 Å². The van der Waals surface area contributed by atoms with Gasteiger partial charge in [0.05, 0.1) is 12.5 Å². The molecule has 104 valence electrons. The van der Waals surface area contributed by atoms with E-state index in [1.54, 1.807) is 0 Å². The van der Waals surface area contributed by atoms with E-state index in [1.807, 2.05) is 6.92 Å². The van der Waals surface area contributed by atoms with E-state index in [-0.39, 0.29) is 24.0 Å². The topological polar surface area (TPSA) is 89.3 Å². The Morgan fingerprint density at radius 1 is 1.11 bits per heavy atom. The van der Waals surface area contributed by atoms with Crippen LogP contribution in [0.1, 0.15) is 47.0 Å². The maximum absolute atomic E-state index is 11.7. The van der Waals surface area contributed by atoms with Gasteiger partial charge in [0.1, 0.15) is 0 Å². The van der Waals surface area contributed by atoms with Crippen molar-refractivity contribution < 1.29 is 14.4 Å². The van der Waals surface area contributed by atoms with E-state index in [0.717, 1.165) is 6.42 Å². The number of hydrogen-bond donors (Lipinski definition) is 2. The van der Waals surface area contributed by atoms with Crippen LogP contribution in [0.25, 0.3) is 0 Å². The monoisotopic (exact) mass is 256 g/mol. The van der Waals surface area contributed by atoms with Gasteiger partial charge in [0.15, 0.2) is 5.78 Å². The molecule has 0 heterocycles. The molecule has 0 saturated carbocycles. The van der Waals surface area contributed by atoms with Crippen molar-refractivity contribution in [2.24, 2.45) is 17.6 Å². The summed E-state index contributed by atoms with van der Waals surface area (Å²) in [4.78, 5) is 33.8. The first-order valence-corrected chi connectivity index (χ1v) is 6.30. The lowest BCUT2D eigenvalue weighted by atomic mass is 9.95. The molecule has 2 amide bonds. The average molecular weight is 256 g/mol. The number of hydrogen-bond acceptors (Lipinski definition) is 3. The number of carbonyl (C=O) groups is 3. The van der Waals surface area contributed by atoms with Crippen molar-refractivity contribution in [2.75, 3.05) is 0 Å². The largest absolute Gasteiger partial charge is 0.370 e. The minimum absolute atomic E-state index is 0.139. The van der Waals surface area contributed by atoms with Gasteiger partial charge in [0, 0.05) is 6.42 Å². The Labute approximate surface area is 108 Å². The summed E-state index contributed by atoms with van der Waals surface area (Å²) in [6.45, 7) is 7.53. The number of primary amides is 1. The Balaban J connectivity index is 4.25. The molecule has 5 heteroatoms. The zero-order valence-corrected chi connectivity index (χ0v) is 11.7. The Morgan fingerprint density at radius 3 is 2.06 bits per heavy atom. The molecular formula is C13H24N2O3. The molecule has 0 saturated heterocycles. The lowest BCUT2D eigenvalue weighted by Crippen LogP contribution is -2.42. The molecule has 3 N–H and O–H groups in total. The van der Waals surface area contributed by atoms with Gasteiger partial charge in [-0.15, -0.1) is 0 Å². The number of nitrogens with two attached hydrogens (primary N) is 1. The highest BCUT2D eigenvalue weighted by Crippen LogP contribution is 2.14. The molecule has 0 spiro atoms. The molecule has 0 aliphatic carbocycles. The van der Waals surface area contributed by atoms with Gasteiger partial charge in [-0.1, -0.05) is 20.8 Å². The maximum atomic E-state index is 11.7. The van der Waals surface area contributed by atoms with Gasteiger partial charge in [-0.05, 0) is 25.2 Å². The molecule has 18 heavy (non-hydrogen) atoms. The predicted molar refractivity (Wildman–Crippen MR) is 69.7 cm³/mol. The number of amides is 2. The summed E-state index contributed by atoms with van der Waals surface area (Å²) in [5, 5.41) is 2.56. The predicted octanol–water partition coefficient (Wildman–Crippen LogP) is 1.01. The van der Waals surface area contributed by atoms with Gasteiger partial charge in [0.2, 0.25) is 11.8 Å². The van der Waals surface area contributed by atoms with Crippen molar-refractivity contribution in [2.45, 2.75) is 53.0 Å². The number of ketones is 1. The van der Waals surface area contributed by atoms with Crippen LogP contribution in [-0.2, 0) is 14.4 Å². The van der Waals surface area contributed by atoms with Crippen LogP contribution < -0.4 is 11.1 Å². The molecule has 0 fully saturated rings. The highest BCUT2D eigenvalue weighted by atomic mass is 16.2. The Hall–Kier alpha value is -1.39. The van der Waals surface area contributed by atoms with Crippen molar-refractivity contribution in [3.05, 3.63) is 0 Å². The highest BCUT2D eigenvalue weighted by molar-refractivity contribution is 5.91. The van der Waals surface area contributed by atoms with E-state index in [2.05, 4.69) is 19.2 Å². The van der Waals surface area contributed by atoms with Crippen LogP contribution in [0.15, 0.2) is 0 Å². The lowest BCUT2D eigenvalue weighted by molar-refractivity contribution is -0.129. The summed E-state index contributed by atoms with van der Waals surface area (Å²) in [6.07, 6.45) is 1.17. The van der Waals surface area contributed by atoms with Gasteiger partial charge in [-0.2, -0.15) is 0 Å². The molecule has 0 aliphatic heterocycles. The summed E-state index contributed by atoms with van der Waals surface area (Å²) in [6, 6.07) is -0.791. The third-order valence-corrected chi connectivity index (χ3v) is 2.64. The molecule has 0 aromatic carbocycles. The fourth-order valence-electron chi connectivity index (χ4n) is 1.96. The van der Waals surface area contributed by atoms with Crippen LogP contribution >= 0.6 is 0 Å². The number of Topliss-reactive ketones (excluding diaryl/α,β-unsaturated/α-hetero) is 1. The van der Waals surface area contributed by atoms with Crippen LogP contribution in [0.2, 0.25) is 0 Å². The third kappa shape index (κ3) is 7.81. The Kier molecular flexibility index (Phi) is 7.24. The van der Waals surface area contributed by atoms with Crippen LogP contribution in [0.5, 0.6) is 0 Å². The second kappa shape index (κ2) is 7.84. The molecule has 0 bridgehead atoms. The summed E-state index contributed by atoms with van der Waals surface area (Å²) in [5.74, 6) is -0.262. The van der Waals surface area contributed by atoms with Crippen molar-refractivity contribution >= 4 is 17.6 Å². The molecule has 0 aromatic heterocycles. The second-order valence-corrected chi connectivity index (χ2v) is 5.34. The van der Waals surface area contributed by atoms with Gasteiger partial charge in [-0.25, -0.2) is 0 Å². The Morgan fingerprint density at radius 2 is 1.67 bits per heavy atom. The molecule has 2 atom stereocenters. The van der Waals surface area contributed by atoms with Crippen LogP contribution in [0, 0.1) is 11.8 Å². The van der Waals surface area contributed by atoms with Crippen molar-refractivity contribution in [1.29, 1.82) is 0 Å². The average Bonchev–Trinajstić information content (AvgIpc) is 2.13. The van der Waals surface area contributed by atoms with E-state index in [9.17, 15) is 14.4 Å². The standard InChI is InChI=1S/C13H24N2O3/c1-8(2)5-9(3)6-13(18)15-11(10(4)16)7-12(14)17/h8-9,11H,5-7H2,1-4H3,(H2,14,17)(H,15,18). The van der Waals surface area contributed by atoms with E-state index in [4.69, 9.17) is 5.73 Å². The molecule has 0 aliphatic rings. The van der Waals surface area contributed by atoms with Gasteiger partial charge in [0.25, 0.3) is 0 Å². The quantitative estimate of drug-likeness (QED) is 0.679. The van der Waals surface area contributed by atoms with Crippen LogP contribution in [-0.4, -0.2) is 23.6 Å². The number of rotatable bonds is 8. The highest BCUT2D eigenvalue weighted by Gasteiger charge is 2.20. The number of carbonyl (C=O) groups excluding carboxylic acids is 3. The van der Waals surface area contributed by atoms with Gasteiger partial charge >= 0.3 is 0 Å². The molecule has 0 aromatic rings. The second-order valence-electron chi connectivity index (χ2n) is 5.34. The van der Waals surface area contributed by atoms with Crippen LogP contribution in [0.3, 0.4) is 0 Å². The minimum atomic E-state index is -0.791. The third-order valence-electron chi connectivity index (χ3n) is 2.64. The SMILES string of the molecule is CC(=O)C(CC(N)=O)NC(=O)CC(C)CC(C)C. The normalized spacial score (nSPS) is 14.1. The first-order valence-electron chi connectivity index (χ1n) is 6.30. The molecule has 0 rings (SSSR count). The first kappa shape index (κ1) is 16.6. The van der Waals surface area contributed by atoms with E-state index in [0.29, 0.717) is 12.3 Å². The smallest absolute Gasteiger partial charge is 0.220 e. The summed E-state index contributed by atoms with van der Waals surface area (Å²) in [7, 11) is 0. The van der Waals surface area contributed by atoms with Crippen LogP contribution in [0.4, 0.5) is 0 Å². The van der Waals surface area contributed by atoms with E-state index >= 15 is 0 Å². The zero-order valence-electron chi connectivity index (χ0n) is 11.7. The molecule has 2 unspecified atom stereocenters. The maximum Gasteiger partial charge on any atom is 0.220 e. The fourth-order valence-corrected chi connectivity index (χ4v) is 1.96.